The topological polar surface area (TPSA) is 87.7 Å². The summed E-state index contributed by atoms with van der Waals surface area (Å²) in [6, 6.07) is 1.48. The van der Waals surface area contributed by atoms with Gasteiger partial charge in [0, 0.05) is 6.07 Å². The maximum atomic E-state index is 13.0. The van der Waals surface area contributed by atoms with Gasteiger partial charge in [-0.2, -0.15) is 0 Å². The van der Waals surface area contributed by atoms with Crippen LogP contribution < -0.4 is 10.8 Å². The molecule has 1 aromatic rings. The van der Waals surface area contributed by atoms with Crippen molar-refractivity contribution in [1.82, 2.24) is 5.48 Å². The average Bonchev–Trinajstić information content (AvgIpc) is 2.23. The van der Waals surface area contributed by atoms with Crippen molar-refractivity contribution in [2.45, 2.75) is 0 Å². The Bertz CT molecular complexity index is 439. The van der Waals surface area contributed by atoms with Crippen molar-refractivity contribution in [2.24, 2.45) is 0 Å². The molecule has 0 spiro atoms. The second-order valence-electron chi connectivity index (χ2n) is 2.86. The van der Waals surface area contributed by atoms with Gasteiger partial charge in [-0.1, -0.05) is 0 Å². The molecule has 1 rings (SSSR count). The molecule has 92 valence electrons. The number of urea groups is 1. The van der Waals surface area contributed by atoms with E-state index >= 15 is 0 Å². The van der Waals surface area contributed by atoms with E-state index in [2.05, 4.69) is 4.84 Å². The number of benzene rings is 1. The van der Waals surface area contributed by atoms with Crippen molar-refractivity contribution in [3.8, 4) is 0 Å². The SMILES string of the molecule is O=C(O)CONC(=O)Nc1cc(F)ccc1F. The molecule has 0 saturated heterocycles. The second kappa shape index (κ2) is 5.75. The minimum Gasteiger partial charge on any atom is -0.479 e. The minimum absolute atomic E-state index is 0.388. The van der Waals surface area contributed by atoms with Gasteiger partial charge in [0.2, 0.25) is 0 Å². The number of carboxylic acids is 1. The molecule has 0 aliphatic heterocycles. The normalized spacial score (nSPS) is 9.76. The van der Waals surface area contributed by atoms with Gasteiger partial charge in [-0.05, 0) is 12.1 Å². The third kappa shape index (κ3) is 4.43. The van der Waals surface area contributed by atoms with Crippen LogP contribution in [0.15, 0.2) is 18.2 Å². The first-order chi connectivity index (χ1) is 7.99. The lowest BCUT2D eigenvalue weighted by atomic mass is 10.3. The summed E-state index contributed by atoms with van der Waals surface area (Å²) in [6.07, 6.45) is 0. The number of nitrogens with one attached hydrogen (secondary N) is 2. The van der Waals surface area contributed by atoms with Crippen molar-refractivity contribution < 1.29 is 28.3 Å². The maximum Gasteiger partial charge on any atom is 0.343 e. The molecule has 2 amide bonds. The van der Waals surface area contributed by atoms with Crippen LogP contribution in [0.3, 0.4) is 0 Å². The number of halogens is 2. The lowest BCUT2D eigenvalue weighted by Crippen LogP contribution is -2.31. The van der Waals surface area contributed by atoms with Crippen molar-refractivity contribution >= 4 is 17.7 Å². The van der Waals surface area contributed by atoms with E-state index in [0.717, 1.165) is 18.2 Å². The Morgan fingerprint density at radius 1 is 1.35 bits per heavy atom. The summed E-state index contributed by atoms with van der Waals surface area (Å²) in [5.41, 5.74) is 1.30. The van der Waals surface area contributed by atoms with Crippen LogP contribution in [0, 0.1) is 11.6 Å². The van der Waals surface area contributed by atoms with Crippen LogP contribution in [0.1, 0.15) is 0 Å². The molecule has 3 N–H and O–H groups in total. The highest BCUT2D eigenvalue weighted by Gasteiger charge is 2.08. The van der Waals surface area contributed by atoms with Gasteiger partial charge < -0.3 is 10.4 Å². The number of carbonyl (C=O) groups is 2. The molecule has 0 aliphatic carbocycles. The number of carboxylic acid groups (broad SMARTS) is 1. The molecule has 0 heterocycles. The fraction of sp³-hybridized carbons (Fsp3) is 0.111. The number of aliphatic carboxylic acids is 1. The van der Waals surface area contributed by atoms with Crippen LogP contribution in [-0.4, -0.2) is 23.7 Å². The number of hydroxylamine groups is 1. The van der Waals surface area contributed by atoms with Gasteiger partial charge in [0.25, 0.3) is 0 Å². The summed E-state index contributed by atoms with van der Waals surface area (Å²) < 4.78 is 25.7. The van der Waals surface area contributed by atoms with Gasteiger partial charge in [0.1, 0.15) is 11.6 Å². The summed E-state index contributed by atoms with van der Waals surface area (Å²) in [5.74, 6) is -2.85. The van der Waals surface area contributed by atoms with E-state index in [9.17, 15) is 18.4 Å². The van der Waals surface area contributed by atoms with Gasteiger partial charge >= 0.3 is 12.0 Å². The van der Waals surface area contributed by atoms with Crippen LogP contribution in [0.5, 0.6) is 0 Å². The number of amides is 2. The van der Waals surface area contributed by atoms with Gasteiger partial charge in [0.05, 0.1) is 5.69 Å². The van der Waals surface area contributed by atoms with Crippen molar-refractivity contribution in [3.63, 3.8) is 0 Å². The predicted octanol–water partition coefficient (Wildman–Crippen LogP) is 1.10. The van der Waals surface area contributed by atoms with Gasteiger partial charge in [-0.3, -0.25) is 4.84 Å². The van der Waals surface area contributed by atoms with Gasteiger partial charge in [0.15, 0.2) is 6.61 Å². The highest BCUT2D eigenvalue weighted by molar-refractivity contribution is 5.88. The summed E-state index contributed by atoms with van der Waals surface area (Å²) in [4.78, 5) is 25.3. The van der Waals surface area contributed by atoms with E-state index in [1.54, 1.807) is 5.48 Å². The van der Waals surface area contributed by atoms with Crippen molar-refractivity contribution in [1.29, 1.82) is 0 Å². The summed E-state index contributed by atoms with van der Waals surface area (Å²) >= 11 is 0. The molecular formula is C9H8F2N2O4. The third-order valence-electron chi connectivity index (χ3n) is 1.54. The molecule has 0 unspecified atom stereocenters. The summed E-state index contributed by atoms with van der Waals surface area (Å²) in [7, 11) is 0. The fourth-order valence-corrected chi connectivity index (χ4v) is 0.904. The van der Waals surface area contributed by atoms with Gasteiger partial charge in [-0.25, -0.2) is 23.9 Å². The van der Waals surface area contributed by atoms with E-state index in [1.165, 1.54) is 0 Å². The average molecular weight is 246 g/mol. The molecule has 8 heteroatoms. The number of carbonyl (C=O) groups excluding carboxylic acids is 1. The lowest BCUT2D eigenvalue weighted by Gasteiger charge is -2.07. The Morgan fingerprint density at radius 3 is 2.71 bits per heavy atom. The molecule has 0 atom stereocenters. The first-order valence-electron chi connectivity index (χ1n) is 4.34. The maximum absolute atomic E-state index is 13.0. The summed E-state index contributed by atoms with van der Waals surface area (Å²) in [5, 5.41) is 10.1. The van der Waals surface area contributed by atoms with Crippen LogP contribution in [0.4, 0.5) is 19.3 Å². The number of rotatable bonds is 4. The predicted molar refractivity (Wildman–Crippen MR) is 52.1 cm³/mol. The van der Waals surface area contributed by atoms with E-state index in [4.69, 9.17) is 5.11 Å². The van der Waals surface area contributed by atoms with Crippen molar-refractivity contribution in [2.75, 3.05) is 11.9 Å². The Hall–Kier alpha value is -2.22. The van der Waals surface area contributed by atoms with E-state index in [0.29, 0.717) is 0 Å². The Morgan fingerprint density at radius 2 is 2.06 bits per heavy atom. The van der Waals surface area contributed by atoms with Crippen LogP contribution in [-0.2, 0) is 9.63 Å². The zero-order valence-corrected chi connectivity index (χ0v) is 8.37. The Balaban J connectivity index is 2.50. The molecule has 6 nitrogen and oxygen atoms in total. The molecular weight excluding hydrogens is 238 g/mol. The summed E-state index contributed by atoms with van der Waals surface area (Å²) in [6.45, 7) is -0.751. The molecule has 1 aromatic carbocycles. The smallest absolute Gasteiger partial charge is 0.343 e. The first kappa shape index (κ1) is 12.8. The van der Waals surface area contributed by atoms with Crippen LogP contribution in [0.25, 0.3) is 0 Å². The zero-order chi connectivity index (χ0) is 12.8. The lowest BCUT2D eigenvalue weighted by molar-refractivity contribution is -0.143. The monoisotopic (exact) mass is 246 g/mol. The highest BCUT2D eigenvalue weighted by Crippen LogP contribution is 2.14. The van der Waals surface area contributed by atoms with Crippen LogP contribution >= 0.6 is 0 Å². The minimum atomic E-state index is -1.29. The molecule has 0 fully saturated rings. The molecule has 0 saturated carbocycles. The highest BCUT2D eigenvalue weighted by atomic mass is 19.1. The first-order valence-corrected chi connectivity index (χ1v) is 4.34. The molecule has 0 radical (unpaired) electrons. The fourth-order valence-electron chi connectivity index (χ4n) is 0.904. The molecule has 17 heavy (non-hydrogen) atoms. The van der Waals surface area contributed by atoms with Crippen molar-refractivity contribution in [3.05, 3.63) is 29.8 Å². The zero-order valence-electron chi connectivity index (χ0n) is 8.37. The third-order valence-corrected chi connectivity index (χ3v) is 1.54. The molecule has 0 aromatic heterocycles. The van der Waals surface area contributed by atoms with Crippen LogP contribution in [0.2, 0.25) is 0 Å². The number of hydrogen-bond donors (Lipinski definition) is 3. The Kier molecular flexibility index (Phi) is 4.35. The standard InChI is InChI=1S/C9H8F2N2O4/c10-5-1-2-6(11)7(3-5)12-9(16)13-17-4-8(14)15/h1-3H,4H2,(H,14,15)(H2,12,13,16). The quantitative estimate of drug-likeness (QED) is 0.694. The number of hydrogen-bond acceptors (Lipinski definition) is 3. The molecule has 0 bridgehead atoms. The van der Waals surface area contributed by atoms with Gasteiger partial charge in [-0.15, -0.1) is 0 Å². The Labute approximate surface area is 94.1 Å². The van der Waals surface area contributed by atoms with E-state index < -0.39 is 30.2 Å². The van der Waals surface area contributed by atoms with E-state index in [1.807, 2.05) is 5.32 Å². The van der Waals surface area contributed by atoms with E-state index in [-0.39, 0.29) is 5.69 Å². The number of anilines is 1. The largest absolute Gasteiger partial charge is 0.479 e. The molecule has 0 aliphatic rings. The second-order valence-corrected chi connectivity index (χ2v) is 2.86.